The van der Waals surface area contributed by atoms with Crippen molar-refractivity contribution in [2.24, 2.45) is 17.3 Å². The summed E-state index contributed by atoms with van der Waals surface area (Å²) >= 11 is 0. The molecule has 0 radical (unpaired) electrons. The highest BCUT2D eigenvalue weighted by Gasteiger charge is 2.46. The molecule has 60 valence electrons. The molecule has 1 N–H and O–H groups in total. The van der Waals surface area contributed by atoms with Crippen molar-refractivity contribution in [1.82, 2.24) is 0 Å². The third kappa shape index (κ3) is 0.889. The van der Waals surface area contributed by atoms with Gasteiger partial charge in [0.15, 0.2) is 0 Å². The number of carboxylic acid groups (broad SMARTS) is 1. The van der Waals surface area contributed by atoms with Crippen molar-refractivity contribution < 1.29 is 9.90 Å². The quantitative estimate of drug-likeness (QED) is 0.580. The highest BCUT2D eigenvalue weighted by Crippen LogP contribution is 2.52. The third-order valence-electron chi connectivity index (χ3n) is 2.97. The number of allylic oxidation sites excluding steroid dienone is 2. The van der Waals surface area contributed by atoms with E-state index in [-0.39, 0.29) is 11.3 Å². The van der Waals surface area contributed by atoms with E-state index in [1.807, 2.05) is 0 Å². The molecule has 0 spiro atoms. The Bertz CT molecular complexity index is 232. The number of carboxylic acids is 1. The van der Waals surface area contributed by atoms with Crippen LogP contribution in [0.5, 0.6) is 0 Å². The van der Waals surface area contributed by atoms with Gasteiger partial charge in [-0.3, -0.25) is 4.79 Å². The van der Waals surface area contributed by atoms with Gasteiger partial charge in [-0.25, -0.2) is 0 Å². The van der Waals surface area contributed by atoms with Crippen LogP contribution in [0.4, 0.5) is 0 Å². The first-order chi connectivity index (χ1) is 5.11. The zero-order chi connectivity index (χ0) is 8.06. The SMILES string of the molecule is CC12C=CC(C1)C(C(=O)O)C2. The molecule has 0 amide bonds. The minimum atomic E-state index is -0.622. The van der Waals surface area contributed by atoms with Crippen LogP contribution in [-0.2, 0) is 4.79 Å². The van der Waals surface area contributed by atoms with Gasteiger partial charge in [-0.1, -0.05) is 19.1 Å². The van der Waals surface area contributed by atoms with Crippen molar-refractivity contribution >= 4 is 5.97 Å². The van der Waals surface area contributed by atoms with E-state index in [9.17, 15) is 4.79 Å². The van der Waals surface area contributed by atoms with Crippen LogP contribution in [0.3, 0.4) is 0 Å². The summed E-state index contributed by atoms with van der Waals surface area (Å²) in [6.07, 6.45) is 6.13. The molecule has 0 heterocycles. The van der Waals surface area contributed by atoms with Gasteiger partial charge < -0.3 is 5.11 Å². The van der Waals surface area contributed by atoms with Gasteiger partial charge in [-0.2, -0.15) is 0 Å². The Morgan fingerprint density at radius 2 is 2.36 bits per heavy atom. The Hall–Kier alpha value is -0.790. The second-order valence-electron chi connectivity index (χ2n) is 4.03. The molecule has 0 aromatic rings. The third-order valence-corrected chi connectivity index (χ3v) is 2.97. The maximum absolute atomic E-state index is 10.7. The van der Waals surface area contributed by atoms with Gasteiger partial charge in [0, 0.05) is 0 Å². The van der Waals surface area contributed by atoms with Crippen LogP contribution in [0, 0.1) is 17.3 Å². The fraction of sp³-hybridized carbons (Fsp3) is 0.667. The summed E-state index contributed by atoms with van der Waals surface area (Å²) in [4.78, 5) is 10.7. The second kappa shape index (κ2) is 1.87. The molecule has 1 saturated carbocycles. The molecule has 0 aromatic carbocycles. The lowest BCUT2D eigenvalue weighted by molar-refractivity contribution is -0.142. The first-order valence-electron chi connectivity index (χ1n) is 4.03. The molecule has 2 nitrogen and oxygen atoms in total. The predicted molar refractivity (Wildman–Crippen MR) is 41.1 cm³/mol. The van der Waals surface area contributed by atoms with E-state index in [1.165, 1.54) is 0 Å². The Labute approximate surface area is 65.9 Å². The van der Waals surface area contributed by atoms with Gasteiger partial charge in [-0.05, 0) is 24.2 Å². The van der Waals surface area contributed by atoms with Crippen molar-refractivity contribution in [3.63, 3.8) is 0 Å². The van der Waals surface area contributed by atoms with Crippen LogP contribution in [0.15, 0.2) is 12.2 Å². The average Bonchev–Trinajstić information content (AvgIpc) is 2.41. The molecular formula is C9H12O2. The van der Waals surface area contributed by atoms with Crippen LogP contribution in [0.25, 0.3) is 0 Å². The fourth-order valence-corrected chi connectivity index (χ4v) is 2.38. The zero-order valence-electron chi connectivity index (χ0n) is 6.58. The lowest BCUT2D eigenvalue weighted by atomic mass is 9.86. The average molecular weight is 152 g/mol. The van der Waals surface area contributed by atoms with Crippen molar-refractivity contribution in [2.75, 3.05) is 0 Å². The first-order valence-corrected chi connectivity index (χ1v) is 4.03. The van der Waals surface area contributed by atoms with Gasteiger partial charge in [0.05, 0.1) is 5.92 Å². The Morgan fingerprint density at radius 3 is 2.64 bits per heavy atom. The second-order valence-corrected chi connectivity index (χ2v) is 4.03. The van der Waals surface area contributed by atoms with Crippen LogP contribution >= 0.6 is 0 Å². The number of hydrogen-bond donors (Lipinski definition) is 1. The molecule has 2 rings (SSSR count). The maximum Gasteiger partial charge on any atom is 0.307 e. The van der Waals surface area contributed by atoms with Crippen LogP contribution in [0.1, 0.15) is 19.8 Å². The number of carbonyl (C=O) groups is 1. The number of fused-ring (bicyclic) bond motifs is 2. The monoisotopic (exact) mass is 152 g/mol. The summed E-state index contributed by atoms with van der Waals surface area (Å²) in [5.74, 6) is -0.412. The standard InChI is InChI=1S/C9H12O2/c1-9-3-2-6(4-9)7(5-9)8(10)11/h2-3,6-7H,4-5H2,1H3,(H,10,11). The molecule has 0 aromatic heterocycles. The molecule has 2 bridgehead atoms. The van der Waals surface area contributed by atoms with Crippen molar-refractivity contribution in [3.05, 3.63) is 12.2 Å². The summed E-state index contributed by atoms with van der Waals surface area (Å²) in [5.41, 5.74) is 0.202. The van der Waals surface area contributed by atoms with Gasteiger partial charge in [0.2, 0.25) is 0 Å². The smallest absolute Gasteiger partial charge is 0.307 e. The van der Waals surface area contributed by atoms with E-state index in [2.05, 4.69) is 19.1 Å². The van der Waals surface area contributed by atoms with Crippen LogP contribution in [0.2, 0.25) is 0 Å². The minimum Gasteiger partial charge on any atom is -0.481 e. The molecule has 3 unspecified atom stereocenters. The summed E-state index contributed by atoms with van der Waals surface area (Å²) in [6, 6.07) is 0. The Morgan fingerprint density at radius 1 is 1.64 bits per heavy atom. The Kier molecular flexibility index (Phi) is 1.17. The zero-order valence-corrected chi connectivity index (χ0v) is 6.58. The minimum absolute atomic E-state index is 0.106. The molecule has 0 saturated heterocycles. The normalized spacial score (nSPS) is 46.6. The molecule has 2 aliphatic carbocycles. The number of hydrogen-bond acceptors (Lipinski definition) is 1. The van der Waals surface area contributed by atoms with Crippen molar-refractivity contribution in [3.8, 4) is 0 Å². The first kappa shape index (κ1) is 6.89. The van der Waals surface area contributed by atoms with Gasteiger partial charge in [-0.15, -0.1) is 0 Å². The summed E-state index contributed by atoms with van der Waals surface area (Å²) in [5, 5.41) is 8.82. The van der Waals surface area contributed by atoms with E-state index in [0.717, 1.165) is 12.8 Å². The molecule has 2 aliphatic rings. The Balaban J connectivity index is 2.23. The van der Waals surface area contributed by atoms with E-state index >= 15 is 0 Å². The predicted octanol–water partition coefficient (Wildman–Crippen LogP) is 1.67. The highest BCUT2D eigenvalue weighted by molar-refractivity contribution is 5.72. The van der Waals surface area contributed by atoms with E-state index in [1.54, 1.807) is 0 Å². The van der Waals surface area contributed by atoms with Crippen molar-refractivity contribution in [1.29, 1.82) is 0 Å². The summed E-state index contributed by atoms with van der Waals surface area (Å²) < 4.78 is 0. The number of aliphatic carboxylic acids is 1. The van der Waals surface area contributed by atoms with Crippen LogP contribution in [-0.4, -0.2) is 11.1 Å². The highest BCUT2D eigenvalue weighted by atomic mass is 16.4. The molecule has 2 heteroatoms. The summed E-state index contributed by atoms with van der Waals surface area (Å²) in [6.45, 7) is 2.15. The molecule has 11 heavy (non-hydrogen) atoms. The van der Waals surface area contributed by atoms with E-state index in [0.29, 0.717) is 5.92 Å². The van der Waals surface area contributed by atoms with Crippen molar-refractivity contribution in [2.45, 2.75) is 19.8 Å². The van der Waals surface area contributed by atoms with E-state index < -0.39 is 5.97 Å². The fourth-order valence-electron chi connectivity index (χ4n) is 2.38. The van der Waals surface area contributed by atoms with Gasteiger partial charge in [0.25, 0.3) is 0 Å². The largest absolute Gasteiger partial charge is 0.481 e. The molecular weight excluding hydrogens is 140 g/mol. The van der Waals surface area contributed by atoms with E-state index in [4.69, 9.17) is 5.11 Å². The molecule has 0 aliphatic heterocycles. The van der Waals surface area contributed by atoms with Crippen LogP contribution < -0.4 is 0 Å². The summed E-state index contributed by atoms with van der Waals surface area (Å²) in [7, 11) is 0. The molecule has 3 atom stereocenters. The lowest BCUT2D eigenvalue weighted by Gasteiger charge is -2.18. The van der Waals surface area contributed by atoms with Gasteiger partial charge in [0.1, 0.15) is 0 Å². The lowest BCUT2D eigenvalue weighted by Crippen LogP contribution is -2.19. The number of rotatable bonds is 1. The topological polar surface area (TPSA) is 37.3 Å². The molecule has 1 fully saturated rings. The van der Waals surface area contributed by atoms with Gasteiger partial charge >= 0.3 is 5.97 Å². The maximum atomic E-state index is 10.7.